The van der Waals surface area contributed by atoms with E-state index in [2.05, 4.69) is 68.3 Å². The Hall–Kier alpha value is -3.55. The van der Waals surface area contributed by atoms with Gasteiger partial charge in [0.1, 0.15) is 0 Å². The number of nitrogens with zero attached hydrogens (tertiary/aromatic N) is 4. The van der Waals surface area contributed by atoms with Gasteiger partial charge in [-0.2, -0.15) is 0 Å². The first-order valence-electron chi connectivity index (χ1n) is 11.6. The lowest BCUT2D eigenvalue weighted by Crippen LogP contribution is -2.51. The minimum atomic E-state index is -0.411. The van der Waals surface area contributed by atoms with Gasteiger partial charge in [0.15, 0.2) is 0 Å². The summed E-state index contributed by atoms with van der Waals surface area (Å²) in [4.78, 5) is 24.8. The van der Waals surface area contributed by atoms with Crippen LogP contribution in [0.2, 0.25) is 0 Å². The molecule has 3 aromatic rings. The average Bonchev–Trinajstić information content (AvgIpc) is 2.90. The molecular weight excluding hydrogens is 428 g/mol. The lowest BCUT2D eigenvalue weighted by molar-refractivity contribution is 0.0525. The molecule has 1 atom stereocenters. The molecule has 1 saturated heterocycles. The number of ether oxygens (including phenoxy) is 1. The summed E-state index contributed by atoms with van der Waals surface area (Å²) >= 11 is 0. The van der Waals surface area contributed by atoms with Crippen molar-refractivity contribution in [3.63, 3.8) is 0 Å². The van der Waals surface area contributed by atoms with Crippen LogP contribution in [0.25, 0.3) is 17.2 Å². The zero-order valence-electron chi connectivity index (χ0n) is 19.4. The summed E-state index contributed by atoms with van der Waals surface area (Å²) in [7, 11) is 0. The van der Waals surface area contributed by atoms with Crippen LogP contribution in [0.15, 0.2) is 73.1 Å². The minimum Gasteiger partial charge on any atom is -0.462 e. The van der Waals surface area contributed by atoms with Crippen molar-refractivity contribution in [1.29, 1.82) is 0 Å². The first-order chi connectivity index (χ1) is 16.7. The van der Waals surface area contributed by atoms with Crippen molar-refractivity contribution in [2.24, 2.45) is 0 Å². The van der Waals surface area contributed by atoms with Crippen LogP contribution in [0.5, 0.6) is 0 Å². The Morgan fingerprint density at radius 1 is 1.00 bits per heavy atom. The number of benzene rings is 2. The van der Waals surface area contributed by atoms with Crippen LogP contribution in [-0.4, -0.2) is 71.4 Å². The Bertz CT molecular complexity index is 1080. The quantitative estimate of drug-likeness (QED) is 0.518. The largest absolute Gasteiger partial charge is 0.462 e. The predicted octanol–water partition coefficient (Wildman–Crippen LogP) is 3.52. The van der Waals surface area contributed by atoms with Crippen molar-refractivity contribution in [3.05, 3.63) is 84.2 Å². The van der Waals surface area contributed by atoms with E-state index in [9.17, 15) is 9.90 Å². The fourth-order valence-electron chi connectivity index (χ4n) is 4.00. The standard InChI is InChI=1S/C27H30N4O3/c1-2-34-26(33)24-18-28-27(29-19-24)31-16-14-30(15-17-31)25(20-32)13-10-21-8-11-23(12-9-21)22-6-4-3-5-7-22/h3-13,18-19,25,32H,2,14-17,20H2,1H3/b13-10+. The molecule has 1 unspecified atom stereocenters. The van der Waals surface area contributed by atoms with Gasteiger partial charge in [-0.25, -0.2) is 14.8 Å². The van der Waals surface area contributed by atoms with Gasteiger partial charge in [0.25, 0.3) is 0 Å². The second-order valence-corrected chi connectivity index (χ2v) is 8.11. The van der Waals surface area contributed by atoms with Crippen molar-refractivity contribution in [3.8, 4) is 11.1 Å². The molecule has 0 aliphatic carbocycles. The number of hydrogen-bond acceptors (Lipinski definition) is 7. The van der Waals surface area contributed by atoms with Crippen LogP contribution in [0, 0.1) is 0 Å². The molecular formula is C27H30N4O3. The molecule has 1 aliphatic rings. The molecule has 1 aromatic heterocycles. The van der Waals surface area contributed by atoms with E-state index < -0.39 is 5.97 Å². The number of aromatic nitrogens is 2. The van der Waals surface area contributed by atoms with E-state index in [1.807, 2.05) is 18.2 Å². The van der Waals surface area contributed by atoms with Gasteiger partial charge in [-0.3, -0.25) is 4.90 Å². The number of esters is 1. The van der Waals surface area contributed by atoms with Crippen molar-refractivity contribution in [1.82, 2.24) is 14.9 Å². The Labute approximate surface area is 200 Å². The second-order valence-electron chi connectivity index (χ2n) is 8.11. The van der Waals surface area contributed by atoms with Gasteiger partial charge < -0.3 is 14.7 Å². The van der Waals surface area contributed by atoms with E-state index in [1.165, 1.54) is 23.5 Å². The van der Waals surface area contributed by atoms with E-state index in [0.717, 1.165) is 31.7 Å². The summed E-state index contributed by atoms with van der Waals surface area (Å²) in [5.74, 6) is 0.188. The summed E-state index contributed by atoms with van der Waals surface area (Å²) in [6.07, 6.45) is 7.15. The van der Waals surface area contributed by atoms with Crippen molar-refractivity contribution < 1.29 is 14.6 Å². The monoisotopic (exact) mass is 458 g/mol. The highest BCUT2D eigenvalue weighted by molar-refractivity contribution is 5.88. The van der Waals surface area contributed by atoms with E-state index in [4.69, 9.17) is 4.74 Å². The summed E-state index contributed by atoms with van der Waals surface area (Å²) < 4.78 is 4.98. The van der Waals surface area contributed by atoms with Gasteiger partial charge in [-0.15, -0.1) is 0 Å². The molecule has 176 valence electrons. The van der Waals surface area contributed by atoms with Crippen LogP contribution >= 0.6 is 0 Å². The van der Waals surface area contributed by atoms with E-state index in [0.29, 0.717) is 18.1 Å². The smallest absolute Gasteiger partial charge is 0.341 e. The number of rotatable bonds is 8. The Morgan fingerprint density at radius 3 is 2.26 bits per heavy atom. The van der Waals surface area contributed by atoms with E-state index in [1.54, 1.807) is 6.92 Å². The van der Waals surface area contributed by atoms with Crippen LogP contribution in [0.1, 0.15) is 22.8 Å². The number of carbonyl (C=O) groups is 1. The predicted molar refractivity (Wildman–Crippen MR) is 134 cm³/mol. The fraction of sp³-hybridized carbons (Fsp3) is 0.296. The lowest BCUT2D eigenvalue weighted by Gasteiger charge is -2.37. The average molecular weight is 459 g/mol. The first kappa shape index (κ1) is 23.6. The third kappa shape index (κ3) is 5.87. The highest BCUT2D eigenvalue weighted by Gasteiger charge is 2.23. The number of hydrogen-bond donors (Lipinski definition) is 1. The molecule has 0 bridgehead atoms. The zero-order chi connectivity index (χ0) is 23.8. The van der Waals surface area contributed by atoms with Gasteiger partial charge in [0, 0.05) is 38.6 Å². The molecule has 1 N–H and O–H groups in total. The maximum absolute atomic E-state index is 11.8. The topological polar surface area (TPSA) is 78.8 Å². The third-order valence-electron chi connectivity index (χ3n) is 5.93. The molecule has 4 rings (SSSR count). The fourth-order valence-corrected chi connectivity index (χ4v) is 4.00. The molecule has 0 spiro atoms. The van der Waals surface area contributed by atoms with E-state index >= 15 is 0 Å². The number of piperazine rings is 1. The van der Waals surface area contributed by atoms with Crippen molar-refractivity contribution in [2.45, 2.75) is 13.0 Å². The Kier molecular flexibility index (Phi) is 8.01. The second kappa shape index (κ2) is 11.5. The molecule has 34 heavy (non-hydrogen) atoms. The highest BCUT2D eigenvalue weighted by atomic mass is 16.5. The molecule has 2 heterocycles. The van der Waals surface area contributed by atoms with Gasteiger partial charge in [0.05, 0.1) is 24.8 Å². The summed E-state index contributed by atoms with van der Waals surface area (Å²) in [5.41, 5.74) is 3.84. The number of carbonyl (C=O) groups excluding carboxylic acids is 1. The van der Waals surface area contributed by atoms with Crippen molar-refractivity contribution in [2.75, 3.05) is 44.3 Å². The molecule has 0 radical (unpaired) electrons. The summed E-state index contributed by atoms with van der Waals surface area (Å²) in [5, 5.41) is 9.98. The maximum Gasteiger partial charge on any atom is 0.341 e. The molecule has 0 saturated carbocycles. The maximum atomic E-state index is 11.8. The molecule has 1 aliphatic heterocycles. The normalized spacial score (nSPS) is 15.4. The molecule has 2 aromatic carbocycles. The summed E-state index contributed by atoms with van der Waals surface area (Å²) in [6, 6.07) is 18.7. The Morgan fingerprint density at radius 2 is 1.65 bits per heavy atom. The van der Waals surface area contributed by atoms with Gasteiger partial charge in [0.2, 0.25) is 5.95 Å². The SMILES string of the molecule is CCOC(=O)c1cnc(N2CCN(C(/C=C/c3ccc(-c4ccccc4)cc3)CO)CC2)nc1. The lowest BCUT2D eigenvalue weighted by atomic mass is 10.0. The molecule has 7 heteroatoms. The Balaban J connectivity index is 1.32. The number of anilines is 1. The van der Waals surface area contributed by atoms with Gasteiger partial charge >= 0.3 is 5.97 Å². The molecule has 7 nitrogen and oxygen atoms in total. The van der Waals surface area contributed by atoms with Gasteiger partial charge in [-0.05, 0) is 23.6 Å². The van der Waals surface area contributed by atoms with E-state index in [-0.39, 0.29) is 12.6 Å². The molecule has 1 fully saturated rings. The van der Waals surface area contributed by atoms with Crippen molar-refractivity contribution >= 4 is 18.0 Å². The van der Waals surface area contributed by atoms with Crippen LogP contribution in [0.4, 0.5) is 5.95 Å². The van der Waals surface area contributed by atoms with Gasteiger partial charge in [-0.1, -0.05) is 66.7 Å². The summed E-state index contributed by atoms with van der Waals surface area (Å²) in [6.45, 7) is 5.20. The zero-order valence-corrected chi connectivity index (χ0v) is 19.4. The number of aliphatic hydroxyl groups is 1. The van der Waals surface area contributed by atoms with Crippen LogP contribution in [0.3, 0.4) is 0 Å². The highest BCUT2D eigenvalue weighted by Crippen LogP contribution is 2.20. The molecule has 0 amide bonds. The third-order valence-corrected chi connectivity index (χ3v) is 5.93. The first-order valence-corrected chi connectivity index (χ1v) is 11.6. The van der Waals surface area contributed by atoms with Crippen LogP contribution < -0.4 is 4.90 Å². The van der Waals surface area contributed by atoms with Crippen LogP contribution in [-0.2, 0) is 4.74 Å². The minimum absolute atomic E-state index is 0.0527. The number of aliphatic hydroxyl groups excluding tert-OH is 1.